The molecule has 2 aromatic rings. The Labute approximate surface area is 132 Å². The number of aromatic nitrogens is 2. The predicted octanol–water partition coefficient (Wildman–Crippen LogP) is 0.860. The third-order valence-corrected chi connectivity index (χ3v) is 3.58. The summed E-state index contributed by atoms with van der Waals surface area (Å²) in [6, 6.07) is 3.78. The van der Waals surface area contributed by atoms with Crippen LogP contribution in [0.2, 0.25) is 0 Å². The van der Waals surface area contributed by atoms with E-state index < -0.39 is 11.7 Å². The molecule has 1 aromatic heterocycles. The van der Waals surface area contributed by atoms with Gasteiger partial charge in [0.25, 0.3) is 5.91 Å². The third-order valence-electron chi connectivity index (χ3n) is 3.58. The molecule has 0 spiro atoms. The van der Waals surface area contributed by atoms with E-state index in [4.69, 9.17) is 5.73 Å². The molecule has 3 rings (SSSR count). The summed E-state index contributed by atoms with van der Waals surface area (Å²) < 4.78 is 13.2. The van der Waals surface area contributed by atoms with Gasteiger partial charge in [-0.25, -0.2) is 14.4 Å². The molecule has 0 atom stereocenters. The minimum absolute atomic E-state index is 0.146. The van der Waals surface area contributed by atoms with Crippen LogP contribution in [0.25, 0.3) is 0 Å². The molecule has 2 heterocycles. The van der Waals surface area contributed by atoms with Gasteiger partial charge in [-0.2, -0.15) is 0 Å². The molecule has 0 bridgehead atoms. The number of carbonyl (C=O) groups is 1. The van der Waals surface area contributed by atoms with Gasteiger partial charge in [0, 0.05) is 26.2 Å². The molecule has 120 valence electrons. The summed E-state index contributed by atoms with van der Waals surface area (Å²) in [4.78, 5) is 22.6. The lowest BCUT2D eigenvalue weighted by atomic mass is 10.2. The number of halogens is 1. The minimum atomic E-state index is -0.485. The van der Waals surface area contributed by atoms with E-state index in [0.29, 0.717) is 0 Å². The van der Waals surface area contributed by atoms with E-state index in [0.717, 1.165) is 38.1 Å². The van der Waals surface area contributed by atoms with Gasteiger partial charge in [-0.3, -0.25) is 4.79 Å². The molecule has 1 saturated heterocycles. The van der Waals surface area contributed by atoms with Crippen LogP contribution >= 0.6 is 0 Å². The predicted molar refractivity (Wildman–Crippen MR) is 85.9 cm³/mol. The van der Waals surface area contributed by atoms with Crippen LogP contribution in [-0.2, 0) is 0 Å². The summed E-state index contributed by atoms with van der Waals surface area (Å²) in [6.45, 7) is 3.48. The van der Waals surface area contributed by atoms with Crippen LogP contribution in [0.4, 0.5) is 21.6 Å². The Hall–Kier alpha value is -2.74. The van der Waals surface area contributed by atoms with Crippen LogP contribution < -0.4 is 21.3 Å². The number of piperazine rings is 1. The minimum Gasteiger partial charge on any atom is -0.397 e. The maximum Gasteiger partial charge on any atom is 0.275 e. The molecule has 7 nitrogen and oxygen atoms in total. The molecular formula is C15H17FN6O. The second kappa shape index (κ2) is 6.57. The topological polar surface area (TPSA) is 96.2 Å². The molecular weight excluding hydrogens is 299 g/mol. The number of carbonyl (C=O) groups excluding carboxylic acids is 1. The van der Waals surface area contributed by atoms with E-state index >= 15 is 0 Å². The lowest BCUT2D eigenvalue weighted by Gasteiger charge is -2.27. The summed E-state index contributed by atoms with van der Waals surface area (Å²) in [7, 11) is 0. The van der Waals surface area contributed by atoms with Crippen LogP contribution in [0.1, 0.15) is 10.5 Å². The van der Waals surface area contributed by atoms with Gasteiger partial charge in [0.1, 0.15) is 17.3 Å². The highest BCUT2D eigenvalue weighted by atomic mass is 19.1. The second-order valence-electron chi connectivity index (χ2n) is 5.18. The van der Waals surface area contributed by atoms with Crippen molar-refractivity contribution >= 4 is 23.1 Å². The largest absolute Gasteiger partial charge is 0.397 e. The van der Waals surface area contributed by atoms with E-state index in [1.165, 1.54) is 18.3 Å². The number of hydrogen-bond acceptors (Lipinski definition) is 6. The van der Waals surface area contributed by atoms with Crippen LogP contribution in [0, 0.1) is 5.82 Å². The summed E-state index contributed by atoms with van der Waals surface area (Å²) in [5.41, 5.74) is 6.35. The number of amides is 1. The van der Waals surface area contributed by atoms with Crippen LogP contribution in [0.5, 0.6) is 0 Å². The SMILES string of the molecule is Nc1ccc(F)cc1NC(=O)c1cnc(N2CCNCC2)cn1. The lowest BCUT2D eigenvalue weighted by Crippen LogP contribution is -2.44. The Kier molecular flexibility index (Phi) is 4.33. The molecule has 1 aromatic carbocycles. The van der Waals surface area contributed by atoms with Crippen LogP contribution in [0.3, 0.4) is 0 Å². The number of hydrogen-bond donors (Lipinski definition) is 3. The second-order valence-corrected chi connectivity index (χ2v) is 5.18. The number of anilines is 3. The zero-order valence-corrected chi connectivity index (χ0v) is 12.4. The van der Waals surface area contributed by atoms with Crippen LogP contribution in [0.15, 0.2) is 30.6 Å². The van der Waals surface area contributed by atoms with E-state index in [1.54, 1.807) is 6.20 Å². The van der Waals surface area contributed by atoms with Gasteiger partial charge < -0.3 is 21.3 Å². The molecule has 23 heavy (non-hydrogen) atoms. The van der Waals surface area contributed by atoms with Gasteiger partial charge in [0.2, 0.25) is 0 Å². The first-order chi connectivity index (χ1) is 11.1. The van der Waals surface area contributed by atoms with Gasteiger partial charge in [-0.15, -0.1) is 0 Å². The highest BCUT2D eigenvalue weighted by molar-refractivity contribution is 6.04. The first kappa shape index (κ1) is 15.2. The number of benzene rings is 1. The quantitative estimate of drug-likeness (QED) is 0.727. The zero-order chi connectivity index (χ0) is 16.2. The summed E-state index contributed by atoms with van der Waals surface area (Å²) in [6.07, 6.45) is 2.97. The number of nitrogens with one attached hydrogen (secondary N) is 2. The fourth-order valence-corrected chi connectivity index (χ4v) is 2.32. The fourth-order valence-electron chi connectivity index (χ4n) is 2.32. The summed E-state index contributed by atoms with van der Waals surface area (Å²) in [5, 5.41) is 5.79. The average Bonchev–Trinajstić information content (AvgIpc) is 2.59. The van der Waals surface area contributed by atoms with E-state index in [1.807, 2.05) is 0 Å². The Balaban J connectivity index is 1.71. The van der Waals surface area contributed by atoms with Gasteiger partial charge >= 0.3 is 0 Å². The number of nitrogens with zero attached hydrogens (tertiary/aromatic N) is 3. The van der Waals surface area contributed by atoms with Crippen molar-refractivity contribution in [1.82, 2.24) is 15.3 Å². The van der Waals surface area contributed by atoms with Crippen molar-refractivity contribution < 1.29 is 9.18 Å². The van der Waals surface area contributed by atoms with Crippen molar-refractivity contribution in [3.8, 4) is 0 Å². The monoisotopic (exact) mass is 316 g/mol. The Bertz CT molecular complexity index is 700. The van der Waals surface area contributed by atoms with Gasteiger partial charge in [-0.1, -0.05) is 0 Å². The van der Waals surface area contributed by atoms with Crippen molar-refractivity contribution in [3.63, 3.8) is 0 Å². The molecule has 0 aliphatic carbocycles. The van der Waals surface area contributed by atoms with Gasteiger partial charge in [0.05, 0.1) is 23.8 Å². The molecule has 1 fully saturated rings. The molecule has 1 aliphatic heterocycles. The normalized spacial score (nSPS) is 14.6. The van der Waals surface area contributed by atoms with Crippen molar-refractivity contribution in [2.45, 2.75) is 0 Å². The standard InChI is InChI=1S/C15H17FN6O/c16-10-1-2-11(17)12(7-10)21-15(23)13-8-20-14(9-19-13)22-5-3-18-4-6-22/h1-2,7-9,18H,3-6,17H2,(H,21,23). The van der Waals surface area contributed by atoms with Crippen molar-refractivity contribution in [1.29, 1.82) is 0 Å². The highest BCUT2D eigenvalue weighted by Crippen LogP contribution is 2.20. The van der Waals surface area contributed by atoms with E-state index in [-0.39, 0.29) is 17.1 Å². The number of nitrogens with two attached hydrogens (primary N) is 1. The maximum atomic E-state index is 13.2. The third kappa shape index (κ3) is 3.54. The Morgan fingerprint density at radius 3 is 2.74 bits per heavy atom. The molecule has 1 amide bonds. The zero-order valence-electron chi connectivity index (χ0n) is 12.4. The molecule has 1 aliphatic rings. The molecule has 8 heteroatoms. The van der Waals surface area contributed by atoms with E-state index in [9.17, 15) is 9.18 Å². The van der Waals surface area contributed by atoms with Crippen molar-refractivity contribution in [3.05, 3.63) is 42.1 Å². The lowest BCUT2D eigenvalue weighted by molar-refractivity contribution is 0.102. The molecule has 0 radical (unpaired) electrons. The average molecular weight is 316 g/mol. The molecule has 0 saturated carbocycles. The van der Waals surface area contributed by atoms with Crippen molar-refractivity contribution in [2.75, 3.05) is 42.1 Å². The number of nitrogen functional groups attached to an aromatic ring is 1. The maximum absolute atomic E-state index is 13.2. The van der Waals surface area contributed by atoms with Crippen molar-refractivity contribution in [2.24, 2.45) is 0 Å². The molecule has 4 N–H and O–H groups in total. The van der Waals surface area contributed by atoms with Crippen LogP contribution in [-0.4, -0.2) is 42.1 Å². The Morgan fingerprint density at radius 2 is 2.04 bits per heavy atom. The summed E-state index contributed by atoms with van der Waals surface area (Å²) in [5.74, 6) is -0.232. The first-order valence-electron chi connectivity index (χ1n) is 7.27. The molecule has 0 unspecified atom stereocenters. The first-order valence-corrected chi connectivity index (χ1v) is 7.27. The summed E-state index contributed by atoms with van der Waals surface area (Å²) >= 11 is 0. The number of rotatable bonds is 3. The van der Waals surface area contributed by atoms with E-state index in [2.05, 4.69) is 25.5 Å². The smallest absolute Gasteiger partial charge is 0.275 e. The fraction of sp³-hybridized carbons (Fsp3) is 0.267. The van der Waals surface area contributed by atoms with Gasteiger partial charge in [-0.05, 0) is 18.2 Å². The highest BCUT2D eigenvalue weighted by Gasteiger charge is 2.14. The Morgan fingerprint density at radius 1 is 1.26 bits per heavy atom. The van der Waals surface area contributed by atoms with Gasteiger partial charge in [0.15, 0.2) is 0 Å².